The van der Waals surface area contributed by atoms with Gasteiger partial charge < -0.3 is 15.0 Å². The van der Waals surface area contributed by atoms with Gasteiger partial charge in [0.1, 0.15) is 5.71 Å². The van der Waals surface area contributed by atoms with Gasteiger partial charge in [-0.05, 0) is 56.4 Å². The summed E-state index contributed by atoms with van der Waals surface area (Å²) in [5.74, 6) is 0.554. The number of carbonyl (C=O) groups is 2. The molecule has 2 amide bonds. The van der Waals surface area contributed by atoms with Crippen LogP contribution >= 0.6 is 0 Å². The first kappa shape index (κ1) is 21.0. The van der Waals surface area contributed by atoms with Gasteiger partial charge in [-0.1, -0.05) is 19.8 Å². The fraction of sp³-hybridized carbons (Fsp3) is 0.545. The van der Waals surface area contributed by atoms with Crippen LogP contribution in [0, 0.1) is 13.8 Å². The summed E-state index contributed by atoms with van der Waals surface area (Å²) in [6, 6.07) is 3.91. The monoisotopic (exact) mass is 398 g/mol. The Hall–Kier alpha value is -2.70. The summed E-state index contributed by atoms with van der Waals surface area (Å²) in [5.41, 5.74) is 5.13. The van der Waals surface area contributed by atoms with Crippen LogP contribution in [0.15, 0.2) is 22.1 Å². The van der Waals surface area contributed by atoms with E-state index in [-0.39, 0.29) is 12.0 Å². The van der Waals surface area contributed by atoms with E-state index in [1.807, 2.05) is 6.92 Å². The molecule has 0 atom stereocenters. The SMILES string of the molecule is CCCOC(=O)CCCCCCN1C2=NC(=O)NCC2=Nc2cc(C)c(C)cc21. The normalized spacial score (nSPS) is 15.1. The summed E-state index contributed by atoms with van der Waals surface area (Å²) in [5, 5.41) is 2.74. The van der Waals surface area contributed by atoms with Crippen LogP contribution in [0.5, 0.6) is 0 Å². The molecule has 0 radical (unpaired) electrons. The number of urea groups is 1. The quantitative estimate of drug-likeness (QED) is 0.499. The van der Waals surface area contributed by atoms with Gasteiger partial charge in [-0.15, -0.1) is 0 Å². The summed E-state index contributed by atoms with van der Waals surface area (Å²) in [7, 11) is 0. The lowest BCUT2D eigenvalue weighted by atomic mass is 10.0. The lowest BCUT2D eigenvalue weighted by Crippen LogP contribution is -2.48. The van der Waals surface area contributed by atoms with E-state index in [0.717, 1.165) is 55.7 Å². The van der Waals surface area contributed by atoms with E-state index >= 15 is 0 Å². The fourth-order valence-electron chi connectivity index (χ4n) is 3.50. The average molecular weight is 399 g/mol. The molecule has 0 aromatic heterocycles. The van der Waals surface area contributed by atoms with E-state index in [0.29, 0.717) is 25.4 Å². The molecule has 0 bridgehead atoms. The second-order valence-corrected chi connectivity index (χ2v) is 7.61. The van der Waals surface area contributed by atoms with Crippen molar-refractivity contribution in [3.8, 4) is 0 Å². The third-order valence-corrected chi connectivity index (χ3v) is 5.25. The Morgan fingerprint density at radius 1 is 1.14 bits per heavy atom. The summed E-state index contributed by atoms with van der Waals surface area (Å²) >= 11 is 0. The van der Waals surface area contributed by atoms with Crippen molar-refractivity contribution >= 4 is 34.9 Å². The van der Waals surface area contributed by atoms with E-state index in [9.17, 15) is 9.59 Å². The van der Waals surface area contributed by atoms with Gasteiger partial charge >= 0.3 is 12.0 Å². The van der Waals surface area contributed by atoms with Crippen molar-refractivity contribution < 1.29 is 14.3 Å². The maximum atomic E-state index is 11.8. The highest BCUT2D eigenvalue weighted by Crippen LogP contribution is 2.36. The largest absolute Gasteiger partial charge is 0.466 e. The molecule has 2 heterocycles. The number of nitrogens with zero attached hydrogens (tertiary/aromatic N) is 3. The smallest absolute Gasteiger partial charge is 0.343 e. The highest BCUT2D eigenvalue weighted by Gasteiger charge is 2.30. The number of anilines is 1. The molecule has 3 rings (SSSR count). The molecule has 0 spiro atoms. The van der Waals surface area contributed by atoms with Crippen LogP contribution in [0.25, 0.3) is 0 Å². The number of hydrogen-bond donors (Lipinski definition) is 1. The van der Waals surface area contributed by atoms with Crippen LogP contribution < -0.4 is 10.2 Å². The van der Waals surface area contributed by atoms with E-state index in [4.69, 9.17) is 9.73 Å². The first-order valence-electron chi connectivity index (χ1n) is 10.5. The first-order valence-corrected chi connectivity index (χ1v) is 10.5. The zero-order valence-electron chi connectivity index (χ0n) is 17.6. The minimum absolute atomic E-state index is 0.105. The predicted molar refractivity (Wildman–Crippen MR) is 116 cm³/mol. The minimum Gasteiger partial charge on any atom is -0.466 e. The highest BCUT2D eigenvalue weighted by atomic mass is 16.5. The molecule has 29 heavy (non-hydrogen) atoms. The van der Waals surface area contributed by atoms with Crippen molar-refractivity contribution in [1.82, 2.24) is 5.32 Å². The molecule has 1 aromatic rings. The van der Waals surface area contributed by atoms with Crippen LogP contribution in [0.2, 0.25) is 0 Å². The standard InChI is InChI=1S/C22H30N4O3/c1-4-11-29-20(27)9-7-5-6-8-10-26-19-13-16(3)15(2)12-17(19)24-18-14-23-22(28)25-21(18)26/h12-13H,4-11,14H2,1-3H3,(H,23,28). The minimum atomic E-state index is -0.318. The summed E-state index contributed by atoms with van der Waals surface area (Å²) in [4.78, 5) is 34.5. The number of benzene rings is 1. The molecular weight excluding hydrogens is 368 g/mol. The van der Waals surface area contributed by atoms with Gasteiger partial charge in [0.15, 0.2) is 5.84 Å². The van der Waals surface area contributed by atoms with Crippen molar-refractivity contribution in [2.75, 3.05) is 24.6 Å². The van der Waals surface area contributed by atoms with Gasteiger partial charge in [-0.2, -0.15) is 4.99 Å². The lowest BCUT2D eigenvalue weighted by molar-refractivity contribution is -0.143. The number of carbonyl (C=O) groups excluding carboxylic acids is 2. The average Bonchev–Trinajstić information content (AvgIpc) is 2.70. The Bertz CT molecular complexity index is 845. The van der Waals surface area contributed by atoms with Crippen molar-refractivity contribution in [3.05, 3.63) is 23.3 Å². The zero-order chi connectivity index (χ0) is 20.8. The fourth-order valence-corrected chi connectivity index (χ4v) is 3.50. The highest BCUT2D eigenvalue weighted by molar-refractivity contribution is 6.51. The summed E-state index contributed by atoms with van der Waals surface area (Å²) in [6.07, 6.45) is 5.11. The molecule has 1 aromatic carbocycles. The van der Waals surface area contributed by atoms with Crippen LogP contribution in [0.4, 0.5) is 16.2 Å². The molecular formula is C22H30N4O3. The van der Waals surface area contributed by atoms with E-state index in [2.05, 4.69) is 41.2 Å². The van der Waals surface area contributed by atoms with E-state index in [1.165, 1.54) is 11.1 Å². The molecule has 7 heteroatoms. The molecule has 0 saturated carbocycles. The maximum absolute atomic E-state index is 11.8. The van der Waals surface area contributed by atoms with Gasteiger partial charge in [0.05, 0.1) is 24.5 Å². The maximum Gasteiger partial charge on any atom is 0.343 e. The number of esters is 1. The molecule has 2 aliphatic heterocycles. The van der Waals surface area contributed by atoms with Crippen molar-refractivity contribution in [2.45, 2.75) is 59.3 Å². The van der Waals surface area contributed by atoms with Crippen LogP contribution in [0.1, 0.15) is 56.6 Å². The van der Waals surface area contributed by atoms with Crippen LogP contribution in [-0.4, -0.2) is 43.2 Å². The van der Waals surface area contributed by atoms with Gasteiger partial charge in [0.25, 0.3) is 0 Å². The Kier molecular flexibility index (Phi) is 7.01. The second-order valence-electron chi connectivity index (χ2n) is 7.61. The van der Waals surface area contributed by atoms with E-state index < -0.39 is 0 Å². The lowest BCUT2D eigenvalue weighted by Gasteiger charge is -2.33. The molecule has 0 fully saturated rings. The van der Waals surface area contributed by atoms with Crippen LogP contribution in [-0.2, 0) is 9.53 Å². The molecule has 7 nitrogen and oxygen atoms in total. The number of hydrogen-bond acceptors (Lipinski definition) is 5. The van der Waals surface area contributed by atoms with Gasteiger partial charge in [-0.25, -0.2) is 9.79 Å². The number of amidine groups is 1. The summed E-state index contributed by atoms with van der Waals surface area (Å²) in [6.45, 7) is 7.83. The summed E-state index contributed by atoms with van der Waals surface area (Å²) < 4.78 is 5.11. The Morgan fingerprint density at radius 3 is 2.69 bits per heavy atom. The third kappa shape index (κ3) is 5.22. The van der Waals surface area contributed by atoms with Gasteiger partial charge in [0.2, 0.25) is 0 Å². The molecule has 156 valence electrons. The van der Waals surface area contributed by atoms with Gasteiger partial charge in [0, 0.05) is 13.0 Å². The third-order valence-electron chi connectivity index (χ3n) is 5.25. The predicted octanol–water partition coefficient (Wildman–Crippen LogP) is 4.22. The number of nitrogens with one attached hydrogen (secondary N) is 1. The van der Waals surface area contributed by atoms with Gasteiger partial charge in [-0.3, -0.25) is 4.79 Å². The molecule has 0 aliphatic carbocycles. The van der Waals surface area contributed by atoms with Crippen molar-refractivity contribution in [3.63, 3.8) is 0 Å². The number of rotatable bonds is 9. The Balaban J connectivity index is 1.62. The molecule has 0 unspecified atom stereocenters. The zero-order valence-corrected chi connectivity index (χ0v) is 17.6. The first-order chi connectivity index (χ1) is 14.0. The Labute approximate surface area is 172 Å². The number of amides is 2. The number of aliphatic imine (C=N–C) groups is 2. The number of fused-ring (bicyclic) bond motifs is 2. The number of unbranched alkanes of at least 4 members (excludes halogenated alkanes) is 3. The Morgan fingerprint density at radius 2 is 1.90 bits per heavy atom. The topological polar surface area (TPSA) is 83.4 Å². The number of aryl methyl sites for hydroxylation is 2. The van der Waals surface area contributed by atoms with E-state index in [1.54, 1.807) is 0 Å². The molecule has 1 N–H and O–H groups in total. The second kappa shape index (κ2) is 9.67. The van der Waals surface area contributed by atoms with Crippen LogP contribution in [0.3, 0.4) is 0 Å². The van der Waals surface area contributed by atoms with Crippen molar-refractivity contribution in [2.24, 2.45) is 9.98 Å². The molecule has 0 saturated heterocycles. The molecule has 2 aliphatic rings. The van der Waals surface area contributed by atoms with Crippen molar-refractivity contribution in [1.29, 1.82) is 0 Å². The number of ether oxygens (including phenoxy) is 1.